The molecule has 2 unspecified atom stereocenters. The average Bonchev–Trinajstić information content (AvgIpc) is 3.16. The Bertz CT molecular complexity index is 427. The minimum atomic E-state index is -0.295. The van der Waals surface area contributed by atoms with Crippen LogP contribution < -0.4 is 4.74 Å². The minimum absolute atomic E-state index is 0.295. The molecule has 18 heavy (non-hydrogen) atoms. The van der Waals surface area contributed by atoms with E-state index in [4.69, 9.17) is 4.74 Å². The molecule has 2 atom stereocenters. The Labute approximate surface area is 109 Å². The van der Waals surface area contributed by atoms with Gasteiger partial charge < -0.3 is 9.84 Å². The van der Waals surface area contributed by atoms with E-state index in [0.29, 0.717) is 18.3 Å². The van der Waals surface area contributed by atoms with Crippen LogP contribution in [0.1, 0.15) is 36.6 Å². The number of aromatic nitrogens is 1. The monoisotopic (exact) mass is 249 g/mol. The summed E-state index contributed by atoms with van der Waals surface area (Å²) in [5.41, 5.74) is 3.06. The largest absolute Gasteiger partial charge is 0.496 e. The lowest BCUT2D eigenvalue weighted by atomic mass is 9.94. The summed E-state index contributed by atoms with van der Waals surface area (Å²) in [6.07, 6.45) is 4.69. The summed E-state index contributed by atoms with van der Waals surface area (Å²) in [5.74, 6) is 1.98. The van der Waals surface area contributed by atoms with E-state index in [1.807, 2.05) is 20.0 Å². The van der Waals surface area contributed by atoms with Gasteiger partial charge in [-0.25, -0.2) is 0 Å². The maximum atomic E-state index is 10.3. The molecule has 0 spiro atoms. The second-order valence-electron chi connectivity index (χ2n) is 5.51. The van der Waals surface area contributed by atoms with Crippen molar-refractivity contribution in [3.05, 3.63) is 23.0 Å². The number of aryl methyl sites for hydroxylation is 1. The summed E-state index contributed by atoms with van der Waals surface area (Å²) < 4.78 is 5.40. The summed E-state index contributed by atoms with van der Waals surface area (Å²) in [5, 5.41) is 10.3. The van der Waals surface area contributed by atoms with Gasteiger partial charge in [0.05, 0.1) is 13.2 Å². The first-order valence-electron chi connectivity index (χ1n) is 6.71. The number of pyridine rings is 1. The molecule has 1 heterocycles. The van der Waals surface area contributed by atoms with Crippen molar-refractivity contribution in [2.45, 2.75) is 46.1 Å². The predicted octanol–water partition coefficient (Wildman–Crippen LogP) is 2.66. The Morgan fingerprint density at radius 1 is 1.44 bits per heavy atom. The third-order valence-electron chi connectivity index (χ3n) is 4.12. The third-order valence-corrected chi connectivity index (χ3v) is 4.12. The summed E-state index contributed by atoms with van der Waals surface area (Å²) in [6, 6.07) is 0. The van der Waals surface area contributed by atoms with Gasteiger partial charge in [0.1, 0.15) is 5.75 Å². The van der Waals surface area contributed by atoms with E-state index in [-0.39, 0.29) is 6.10 Å². The van der Waals surface area contributed by atoms with E-state index < -0.39 is 0 Å². The number of rotatable bonds is 5. The summed E-state index contributed by atoms with van der Waals surface area (Å²) in [7, 11) is 1.68. The van der Waals surface area contributed by atoms with Gasteiger partial charge in [0.15, 0.2) is 0 Å². The van der Waals surface area contributed by atoms with Crippen LogP contribution in [0.5, 0.6) is 5.75 Å². The molecule has 3 heteroatoms. The lowest BCUT2D eigenvalue weighted by Crippen LogP contribution is -2.23. The second-order valence-corrected chi connectivity index (χ2v) is 5.51. The Balaban J connectivity index is 2.13. The molecular formula is C15H23NO2. The van der Waals surface area contributed by atoms with Gasteiger partial charge in [0.25, 0.3) is 0 Å². The topological polar surface area (TPSA) is 42.4 Å². The fourth-order valence-corrected chi connectivity index (χ4v) is 2.60. The molecule has 2 rings (SSSR count). The molecule has 1 saturated carbocycles. The van der Waals surface area contributed by atoms with E-state index in [1.165, 1.54) is 12.8 Å². The smallest absolute Gasteiger partial charge is 0.128 e. The average molecular weight is 249 g/mol. The summed E-state index contributed by atoms with van der Waals surface area (Å²) in [4.78, 5) is 4.45. The first kappa shape index (κ1) is 13.3. The molecule has 1 aromatic rings. The van der Waals surface area contributed by atoms with Gasteiger partial charge in [-0.2, -0.15) is 0 Å². The van der Waals surface area contributed by atoms with Crippen molar-refractivity contribution in [1.29, 1.82) is 0 Å². The van der Waals surface area contributed by atoms with Gasteiger partial charge >= 0.3 is 0 Å². The van der Waals surface area contributed by atoms with Crippen LogP contribution in [0.25, 0.3) is 0 Å². The van der Waals surface area contributed by atoms with Crippen LogP contribution in [0.4, 0.5) is 0 Å². The standard InChI is InChI=1S/C15H23NO2/c1-9-8-16-13(11(3)15(9)18-4)7-14(17)10(2)12-5-6-12/h8,10,12,14,17H,5-7H2,1-4H3. The summed E-state index contributed by atoms with van der Waals surface area (Å²) in [6.45, 7) is 6.15. The SMILES string of the molecule is COc1c(C)cnc(CC(O)C(C)C2CC2)c1C. The highest BCUT2D eigenvalue weighted by atomic mass is 16.5. The van der Waals surface area contributed by atoms with E-state index >= 15 is 0 Å². The van der Waals surface area contributed by atoms with Crippen molar-refractivity contribution in [3.8, 4) is 5.75 Å². The van der Waals surface area contributed by atoms with Gasteiger partial charge in [0, 0.05) is 29.4 Å². The van der Waals surface area contributed by atoms with Crippen molar-refractivity contribution in [1.82, 2.24) is 4.98 Å². The zero-order chi connectivity index (χ0) is 13.3. The Morgan fingerprint density at radius 2 is 2.11 bits per heavy atom. The van der Waals surface area contributed by atoms with Crippen LogP contribution >= 0.6 is 0 Å². The molecule has 1 fully saturated rings. The molecular weight excluding hydrogens is 226 g/mol. The van der Waals surface area contributed by atoms with Crippen LogP contribution in [0.3, 0.4) is 0 Å². The number of hydrogen-bond acceptors (Lipinski definition) is 3. The maximum Gasteiger partial charge on any atom is 0.128 e. The van der Waals surface area contributed by atoms with Crippen LogP contribution in [-0.2, 0) is 6.42 Å². The number of nitrogens with zero attached hydrogens (tertiary/aromatic N) is 1. The quantitative estimate of drug-likeness (QED) is 0.872. The molecule has 1 aliphatic carbocycles. The van der Waals surface area contributed by atoms with Crippen LogP contribution in [0.15, 0.2) is 6.20 Å². The highest BCUT2D eigenvalue weighted by molar-refractivity contribution is 5.41. The third kappa shape index (κ3) is 2.66. The van der Waals surface area contributed by atoms with Crippen molar-refractivity contribution >= 4 is 0 Å². The van der Waals surface area contributed by atoms with E-state index in [1.54, 1.807) is 7.11 Å². The zero-order valence-corrected chi connectivity index (χ0v) is 11.7. The molecule has 0 bridgehead atoms. The molecule has 3 nitrogen and oxygen atoms in total. The fraction of sp³-hybridized carbons (Fsp3) is 0.667. The van der Waals surface area contributed by atoms with Crippen molar-refractivity contribution in [2.75, 3.05) is 7.11 Å². The molecule has 0 aromatic carbocycles. The molecule has 0 aliphatic heterocycles. The highest BCUT2D eigenvalue weighted by Crippen LogP contribution is 2.39. The maximum absolute atomic E-state index is 10.3. The molecule has 0 saturated heterocycles. The minimum Gasteiger partial charge on any atom is -0.496 e. The van der Waals surface area contributed by atoms with E-state index in [9.17, 15) is 5.11 Å². The molecule has 1 aromatic heterocycles. The van der Waals surface area contributed by atoms with Crippen molar-refractivity contribution in [2.24, 2.45) is 11.8 Å². The second kappa shape index (κ2) is 5.27. The molecule has 0 amide bonds. The molecule has 1 aliphatic rings. The van der Waals surface area contributed by atoms with Crippen molar-refractivity contribution < 1.29 is 9.84 Å². The highest BCUT2D eigenvalue weighted by Gasteiger charge is 2.32. The zero-order valence-electron chi connectivity index (χ0n) is 11.7. The predicted molar refractivity (Wildman–Crippen MR) is 71.9 cm³/mol. The van der Waals surface area contributed by atoms with E-state index in [0.717, 1.165) is 22.6 Å². The molecule has 100 valence electrons. The van der Waals surface area contributed by atoms with Crippen LogP contribution in [-0.4, -0.2) is 23.3 Å². The lowest BCUT2D eigenvalue weighted by Gasteiger charge is -2.20. The van der Waals surface area contributed by atoms with E-state index in [2.05, 4.69) is 11.9 Å². The first-order chi connectivity index (χ1) is 8.54. The van der Waals surface area contributed by atoms with Gasteiger partial charge in [-0.1, -0.05) is 6.92 Å². The number of ether oxygens (including phenoxy) is 1. The summed E-state index contributed by atoms with van der Waals surface area (Å²) >= 11 is 0. The number of hydrogen-bond donors (Lipinski definition) is 1. The van der Waals surface area contributed by atoms with Crippen LogP contribution in [0, 0.1) is 25.7 Å². The Hall–Kier alpha value is -1.09. The van der Waals surface area contributed by atoms with Gasteiger partial charge in [0.2, 0.25) is 0 Å². The van der Waals surface area contributed by atoms with Gasteiger partial charge in [-0.15, -0.1) is 0 Å². The number of methoxy groups -OCH3 is 1. The number of aliphatic hydroxyl groups excluding tert-OH is 1. The van der Waals surface area contributed by atoms with Gasteiger partial charge in [-0.05, 0) is 38.5 Å². The lowest BCUT2D eigenvalue weighted by molar-refractivity contribution is 0.104. The normalized spacial score (nSPS) is 18.5. The van der Waals surface area contributed by atoms with Gasteiger partial charge in [-0.3, -0.25) is 4.98 Å². The number of aliphatic hydroxyl groups is 1. The Morgan fingerprint density at radius 3 is 2.67 bits per heavy atom. The van der Waals surface area contributed by atoms with Crippen LogP contribution in [0.2, 0.25) is 0 Å². The Kier molecular flexibility index (Phi) is 3.91. The first-order valence-corrected chi connectivity index (χ1v) is 6.71. The molecule has 0 radical (unpaired) electrons. The van der Waals surface area contributed by atoms with Crippen molar-refractivity contribution in [3.63, 3.8) is 0 Å². The molecule has 1 N–H and O–H groups in total. The fourth-order valence-electron chi connectivity index (χ4n) is 2.60.